The van der Waals surface area contributed by atoms with Gasteiger partial charge in [0.1, 0.15) is 0 Å². The van der Waals surface area contributed by atoms with Gasteiger partial charge < -0.3 is 5.32 Å². The maximum atomic E-state index is 12.5. The van der Waals surface area contributed by atoms with Gasteiger partial charge in [-0.1, -0.05) is 11.3 Å². The van der Waals surface area contributed by atoms with E-state index in [9.17, 15) is 22.8 Å². The zero-order valence-electron chi connectivity index (χ0n) is 15.3. The molecule has 10 nitrogen and oxygen atoms in total. The van der Waals surface area contributed by atoms with Crippen molar-refractivity contribution in [3.05, 3.63) is 49.0 Å². The number of rotatable bonds is 6. The van der Waals surface area contributed by atoms with Gasteiger partial charge in [0.25, 0.3) is 5.56 Å². The van der Waals surface area contributed by atoms with E-state index in [1.807, 2.05) is 0 Å². The second kappa shape index (κ2) is 8.18. The number of fused-ring (bicyclic) bond motifs is 1. The maximum absolute atomic E-state index is 12.5. The maximum Gasteiger partial charge on any atom is 0.330 e. The molecule has 13 heteroatoms. The highest BCUT2D eigenvalue weighted by atomic mass is 79.9. The van der Waals surface area contributed by atoms with E-state index in [1.54, 1.807) is 6.20 Å². The van der Waals surface area contributed by atoms with Crippen LogP contribution in [0.3, 0.4) is 0 Å². The predicted octanol–water partition coefficient (Wildman–Crippen LogP) is 0.763. The average molecular weight is 502 g/mol. The van der Waals surface area contributed by atoms with Gasteiger partial charge in [0.05, 0.1) is 25.8 Å². The average Bonchev–Trinajstić information content (AvgIpc) is 3.08. The van der Waals surface area contributed by atoms with Crippen molar-refractivity contribution in [1.29, 1.82) is 0 Å². The van der Waals surface area contributed by atoms with E-state index >= 15 is 0 Å². The lowest BCUT2D eigenvalue weighted by atomic mass is 10.2. The van der Waals surface area contributed by atoms with E-state index in [0.29, 0.717) is 10.6 Å². The monoisotopic (exact) mass is 501 g/mol. The second-order valence-corrected chi connectivity index (χ2v) is 10.2. The number of halogens is 1. The number of hydrogen-bond acceptors (Lipinski definition) is 7. The molecule has 0 fully saturated rings. The van der Waals surface area contributed by atoms with Crippen LogP contribution in [0.15, 0.2) is 42.7 Å². The Morgan fingerprint density at radius 2 is 1.97 bits per heavy atom. The Morgan fingerprint density at radius 3 is 2.62 bits per heavy atom. The first-order chi connectivity index (χ1) is 13.6. The molecule has 0 unspecified atom stereocenters. The quantitative estimate of drug-likeness (QED) is 0.512. The minimum atomic E-state index is -3.95. The van der Waals surface area contributed by atoms with E-state index < -0.39 is 27.2 Å². The highest BCUT2D eigenvalue weighted by molar-refractivity contribution is 9.11. The zero-order chi connectivity index (χ0) is 21.3. The number of aryl methyl sites for hydroxylation is 1. The SMILES string of the molecule is Cn1c(=O)c2cc(S(=O)(=O)NCCC(=O)Nc3ncc(Br)s3)ccc2n(C)c1=O. The molecule has 1 aromatic carbocycles. The lowest BCUT2D eigenvalue weighted by Gasteiger charge is -2.10. The minimum Gasteiger partial charge on any atom is -0.302 e. The van der Waals surface area contributed by atoms with Crippen LogP contribution in [0.25, 0.3) is 10.9 Å². The topological polar surface area (TPSA) is 132 Å². The highest BCUT2D eigenvalue weighted by Gasteiger charge is 2.17. The summed E-state index contributed by atoms with van der Waals surface area (Å²) in [6, 6.07) is 3.92. The van der Waals surface area contributed by atoms with Crippen LogP contribution >= 0.6 is 27.3 Å². The van der Waals surface area contributed by atoms with Crippen molar-refractivity contribution in [2.75, 3.05) is 11.9 Å². The first-order valence-electron chi connectivity index (χ1n) is 8.21. The summed E-state index contributed by atoms with van der Waals surface area (Å²) in [5, 5.41) is 3.07. The van der Waals surface area contributed by atoms with Gasteiger partial charge in [-0.15, -0.1) is 0 Å². The number of thiazole rings is 1. The number of anilines is 1. The van der Waals surface area contributed by atoms with E-state index in [4.69, 9.17) is 0 Å². The van der Waals surface area contributed by atoms with Crippen LogP contribution in [0.1, 0.15) is 6.42 Å². The van der Waals surface area contributed by atoms with Crippen molar-refractivity contribution >= 4 is 59.2 Å². The molecule has 2 aromatic heterocycles. The molecule has 0 atom stereocenters. The van der Waals surface area contributed by atoms with Crippen LogP contribution in [0.2, 0.25) is 0 Å². The fraction of sp³-hybridized carbons (Fsp3) is 0.250. The molecule has 1 amide bonds. The third-order valence-corrected chi connectivity index (χ3v) is 6.97. The van der Waals surface area contributed by atoms with Gasteiger partial charge >= 0.3 is 5.69 Å². The van der Waals surface area contributed by atoms with Crippen molar-refractivity contribution in [3.63, 3.8) is 0 Å². The Morgan fingerprint density at radius 1 is 1.24 bits per heavy atom. The molecule has 3 rings (SSSR count). The second-order valence-electron chi connectivity index (χ2n) is 6.05. The Hall–Kier alpha value is -2.35. The third-order valence-electron chi connectivity index (χ3n) is 4.12. The molecule has 0 radical (unpaired) electrons. The standard InChI is InChI=1S/C16H16BrN5O5S2/c1-21-11-4-3-9(7-10(11)14(24)22(2)16(21)25)29(26,27)19-6-5-13(23)20-15-18-8-12(17)28-15/h3-4,7-8,19H,5-6H2,1-2H3,(H,18,20,23). The summed E-state index contributed by atoms with van der Waals surface area (Å²) in [5.41, 5.74) is -0.769. The molecule has 0 spiro atoms. The molecule has 2 N–H and O–H groups in total. The van der Waals surface area contributed by atoms with Crippen LogP contribution in [0, 0.1) is 0 Å². The van der Waals surface area contributed by atoms with E-state index in [0.717, 1.165) is 8.35 Å². The van der Waals surface area contributed by atoms with Crippen LogP contribution in [-0.2, 0) is 28.9 Å². The third kappa shape index (κ3) is 4.47. The molecule has 0 aliphatic carbocycles. The van der Waals surface area contributed by atoms with Crippen LogP contribution in [0.4, 0.5) is 5.13 Å². The number of carbonyl (C=O) groups excluding carboxylic acids is 1. The number of carbonyl (C=O) groups is 1. The summed E-state index contributed by atoms with van der Waals surface area (Å²) in [6.45, 7) is -0.135. The van der Waals surface area contributed by atoms with Gasteiger partial charge in [-0.05, 0) is 34.1 Å². The summed E-state index contributed by atoms with van der Waals surface area (Å²) < 4.78 is 30.3. The highest BCUT2D eigenvalue weighted by Crippen LogP contribution is 2.23. The number of benzene rings is 1. The molecule has 0 saturated heterocycles. The first kappa shape index (κ1) is 21.4. The summed E-state index contributed by atoms with van der Waals surface area (Å²) in [7, 11) is -1.14. The van der Waals surface area contributed by atoms with Crippen molar-refractivity contribution < 1.29 is 13.2 Å². The lowest BCUT2D eigenvalue weighted by molar-refractivity contribution is -0.116. The number of amides is 1. The molecule has 154 valence electrons. The van der Waals surface area contributed by atoms with Crippen LogP contribution in [0.5, 0.6) is 0 Å². The Bertz CT molecular complexity index is 1330. The number of nitrogens with zero attached hydrogens (tertiary/aromatic N) is 3. The van der Waals surface area contributed by atoms with Crippen molar-refractivity contribution in [3.8, 4) is 0 Å². The van der Waals surface area contributed by atoms with Crippen molar-refractivity contribution in [2.45, 2.75) is 11.3 Å². The molecular weight excluding hydrogens is 486 g/mol. The normalized spacial score (nSPS) is 11.7. The lowest BCUT2D eigenvalue weighted by Crippen LogP contribution is -2.37. The molecular formula is C16H16BrN5O5S2. The summed E-state index contributed by atoms with van der Waals surface area (Å²) in [4.78, 5) is 40.0. The Labute approximate surface area is 177 Å². The van der Waals surface area contributed by atoms with Gasteiger partial charge in [-0.2, -0.15) is 0 Å². The minimum absolute atomic E-state index is 0.0969. The van der Waals surface area contributed by atoms with E-state index in [2.05, 4.69) is 31.0 Å². The summed E-state index contributed by atoms with van der Waals surface area (Å²) >= 11 is 4.47. The molecule has 0 bridgehead atoms. The number of sulfonamides is 1. The Balaban J connectivity index is 1.75. The predicted molar refractivity (Wildman–Crippen MR) is 113 cm³/mol. The van der Waals surface area contributed by atoms with E-state index in [1.165, 1.54) is 48.2 Å². The van der Waals surface area contributed by atoms with Crippen LogP contribution in [-0.4, -0.2) is 35.0 Å². The van der Waals surface area contributed by atoms with E-state index in [-0.39, 0.29) is 23.2 Å². The van der Waals surface area contributed by atoms with Gasteiger partial charge in [0, 0.05) is 27.1 Å². The number of nitrogens with one attached hydrogen (secondary N) is 2. The molecule has 2 heterocycles. The Kier molecular flexibility index (Phi) is 6.03. The zero-order valence-corrected chi connectivity index (χ0v) is 18.5. The fourth-order valence-electron chi connectivity index (χ4n) is 2.62. The molecule has 0 aliphatic heterocycles. The van der Waals surface area contributed by atoms with Crippen molar-refractivity contribution in [1.82, 2.24) is 18.8 Å². The van der Waals surface area contributed by atoms with Gasteiger partial charge in [-0.25, -0.2) is 22.9 Å². The van der Waals surface area contributed by atoms with Crippen LogP contribution < -0.4 is 21.3 Å². The van der Waals surface area contributed by atoms with Crippen molar-refractivity contribution in [2.24, 2.45) is 14.1 Å². The molecule has 0 saturated carbocycles. The largest absolute Gasteiger partial charge is 0.330 e. The molecule has 0 aliphatic rings. The number of hydrogen-bond donors (Lipinski definition) is 2. The van der Waals surface area contributed by atoms with Gasteiger partial charge in [0.15, 0.2) is 5.13 Å². The number of aromatic nitrogens is 3. The smallest absolute Gasteiger partial charge is 0.302 e. The summed E-state index contributed by atoms with van der Waals surface area (Å²) in [6.07, 6.45) is 1.45. The molecule has 29 heavy (non-hydrogen) atoms. The van der Waals surface area contributed by atoms with Gasteiger partial charge in [-0.3, -0.25) is 18.7 Å². The first-order valence-corrected chi connectivity index (χ1v) is 11.3. The molecule has 3 aromatic rings. The summed E-state index contributed by atoms with van der Waals surface area (Å²) in [5.74, 6) is -0.392. The fourth-order valence-corrected chi connectivity index (χ4v) is 4.80. The van der Waals surface area contributed by atoms with Gasteiger partial charge in [0.2, 0.25) is 15.9 Å².